The second-order valence-corrected chi connectivity index (χ2v) is 4.29. The minimum atomic E-state index is -0.718. The minimum Gasteiger partial charge on any atom is -0.389 e. The number of carbonyl (C=O) groups excluding carboxylic acids is 1. The van der Waals surface area contributed by atoms with E-state index >= 15 is 0 Å². The lowest BCUT2D eigenvalue weighted by molar-refractivity contribution is -0.112. The monoisotopic (exact) mass is 199 g/mol. The number of rotatable bonds is 4. The zero-order valence-electron chi connectivity index (χ0n) is 9.04. The summed E-state index contributed by atoms with van der Waals surface area (Å²) >= 11 is 0. The molecule has 0 amide bonds. The lowest BCUT2D eigenvalue weighted by Crippen LogP contribution is -2.31. The molecule has 1 N–H and O–H groups in total. The quantitative estimate of drug-likeness (QED) is 0.692. The third-order valence-electron chi connectivity index (χ3n) is 3.01. The van der Waals surface area contributed by atoms with E-state index in [9.17, 15) is 9.90 Å². The molecule has 14 heavy (non-hydrogen) atoms. The predicted molar refractivity (Wildman–Crippen MR) is 56.2 cm³/mol. The molecule has 1 rings (SSSR count). The molecule has 0 bridgehead atoms. The summed E-state index contributed by atoms with van der Waals surface area (Å²) in [4.78, 5) is 12.8. The van der Waals surface area contributed by atoms with E-state index in [1.54, 1.807) is 0 Å². The predicted octanol–water partition coefficient (Wildman–Crippen LogP) is 1.20. The SMILES string of the molecule is CCCN1CCCC(O)(CC=O)CC1. The van der Waals surface area contributed by atoms with Crippen molar-refractivity contribution in [3.63, 3.8) is 0 Å². The molecule has 0 aromatic heterocycles. The van der Waals surface area contributed by atoms with Gasteiger partial charge in [-0.1, -0.05) is 6.92 Å². The van der Waals surface area contributed by atoms with Gasteiger partial charge in [-0.3, -0.25) is 0 Å². The van der Waals surface area contributed by atoms with Gasteiger partial charge in [-0.15, -0.1) is 0 Å². The van der Waals surface area contributed by atoms with Gasteiger partial charge >= 0.3 is 0 Å². The molecule has 3 nitrogen and oxygen atoms in total. The molecule has 1 saturated heterocycles. The molecule has 0 saturated carbocycles. The first-order chi connectivity index (χ1) is 6.70. The average molecular weight is 199 g/mol. The van der Waals surface area contributed by atoms with Gasteiger partial charge in [0.1, 0.15) is 6.29 Å². The van der Waals surface area contributed by atoms with Crippen LogP contribution in [-0.4, -0.2) is 41.5 Å². The summed E-state index contributed by atoms with van der Waals surface area (Å²) in [6.45, 7) is 5.27. The molecule has 1 heterocycles. The summed E-state index contributed by atoms with van der Waals surface area (Å²) in [5.41, 5.74) is -0.718. The van der Waals surface area contributed by atoms with E-state index in [0.29, 0.717) is 6.42 Å². The molecular weight excluding hydrogens is 178 g/mol. The van der Waals surface area contributed by atoms with Crippen molar-refractivity contribution in [2.24, 2.45) is 0 Å². The molecule has 0 aliphatic carbocycles. The highest BCUT2D eigenvalue weighted by molar-refractivity contribution is 5.51. The molecule has 1 aliphatic rings. The first-order valence-electron chi connectivity index (χ1n) is 5.58. The molecule has 1 aliphatic heterocycles. The lowest BCUT2D eigenvalue weighted by atomic mass is 9.92. The second kappa shape index (κ2) is 5.47. The minimum absolute atomic E-state index is 0.299. The molecule has 1 fully saturated rings. The van der Waals surface area contributed by atoms with Crippen LogP contribution in [0.3, 0.4) is 0 Å². The van der Waals surface area contributed by atoms with Crippen molar-refractivity contribution in [2.45, 2.75) is 44.6 Å². The maximum atomic E-state index is 10.4. The Morgan fingerprint density at radius 3 is 2.86 bits per heavy atom. The Morgan fingerprint density at radius 1 is 1.43 bits per heavy atom. The van der Waals surface area contributed by atoms with E-state index in [1.165, 1.54) is 0 Å². The van der Waals surface area contributed by atoms with Crippen LogP contribution in [0.25, 0.3) is 0 Å². The molecule has 1 unspecified atom stereocenters. The molecule has 3 heteroatoms. The highest BCUT2D eigenvalue weighted by Crippen LogP contribution is 2.24. The summed E-state index contributed by atoms with van der Waals surface area (Å²) in [7, 11) is 0. The number of nitrogens with zero attached hydrogens (tertiary/aromatic N) is 1. The van der Waals surface area contributed by atoms with Crippen LogP contribution in [0.2, 0.25) is 0 Å². The highest BCUT2D eigenvalue weighted by Gasteiger charge is 2.29. The number of carbonyl (C=O) groups is 1. The van der Waals surface area contributed by atoms with E-state index in [0.717, 1.165) is 51.6 Å². The van der Waals surface area contributed by atoms with Gasteiger partial charge in [0.25, 0.3) is 0 Å². The topological polar surface area (TPSA) is 40.5 Å². The van der Waals surface area contributed by atoms with Crippen LogP contribution in [-0.2, 0) is 4.79 Å². The van der Waals surface area contributed by atoms with Crippen LogP contribution in [0.5, 0.6) is 0 Å². The Balaban J connectivity index is 2.43. The molecule has 0 radical (unpaired) electrons. The molecule has 82 valence electrons. The van der Waals surface area contributed by atoms with Gasteiger partial charge in [0.05, 0.1) is 5.60 Å². The second-order valence-electron chi connectivity index (χ2n) is 4.29. The maximum Gasteiger partial charge on any atom is 0.122 e. The van der Waals surface area contributed by atoms with Crippen LogP contribution < -0.4 is 0 Å². The van der Waals surface area contributed by atoms with Crippen molar-refractivity contribution in [2.75, 3.05) is 19.6 Å². The van der Waals surface area contributed by atoms with Gasteiger partial charge in [0.2, 0.25) is 0 Å². The Hall–Kier alpha value is -0.410. The standard InChI is InChI=1S/C11H21NO2/c1-2-7-12-8-3-4-11(14,5-9-12)6-10-13/h10,14H,2-9H2,1H3. The van der Waals surface area contributed by atoms with E-state index in [1.807, 2.05) is 0 Å². The van der Waals surface area contributed by atoms with Crippen LogP contribution in [0.15, 0.2) is 0 Å². The van der Waals surface area contributed by atoms with Gasteiger partial charge in [0.15, 0.2) is 0 Å². The van der Waals surface area contributed by atoms with E-state index < -0.39 is 5.60 Å². The van der Waals surface area contributed by atoms with Crippen molar-refractivity contribution in [3.8, 4) is 0 Å². The Morgan fingerprint density at radius 2 is 2.21 bits per heavy atom. The van der Waals surface area contributed by atoms with Crippen molar-refractivity contribution >= 4 is 6.29 Å². The lowest BCUT2D eigenvalue weighted by Gasteiger charge is -2.24. The Labute approximate surface area is 86.1 Å². The summed E-state index contributed by atoms with van der Waals surface area (Å²) in [6.07, 6.45) is 4.82. The maximum absolute atomic E-state index is 10.4. The van der Waals surface area contributed by atoms with Crippen molar-refractivity contribution in [1.82, 2.24) is 4.90 Å². The molecule has 1 atom stereocenters. The normalized spacial score (nSPS) is 29.9. The van der Waals surface area contributed by atoms with Gasteiger partial charge < -0.3 is 14.8 Å². The van der Waals surface area contributed by atoms with Crippen LogP contribution in [0.1, 0.15) is 39.0 Å². The third kappa shape index (κ3) is 3.39. The first-order valence-corrected chi connectivity index (χ1v) is 5.58. The fourth-order valence-electron chi connectivity index (χ4n) is 2.13. The number of aldehydes is 1. The fourth-order valence-corrected chi connectivity index (χ4v) is 2.13. The summed E-state index contributed by atoms with van der Waals surface area (Å²) < 4.78 is 0. The van der Waals surface area contributed by atoms with E-state index in [2.05, 4.69) is 11.8 Å². The van der Waals surface area contributed by atoms with Crippen molar-refractivity contribution < 1.29 is 9.90 Å². The summed E-state index contributed by atoms with van der Waals surface area (Å²) in [5.74, 6) is 0. The van der Waals surface area contributed by atoms with Crippen LogP contribution >= 0.6 is 0 Å². The summed E-state index contributed by atoms with van der Waals surface area (Å²) in [6, 6.07) is 0. The fraction of sp³-hybridized carbons (Fsp3) is 0.909. The number of likely N-dealkylation sites (tertiary alicyclic amines) is 1. The van der Waals surface area contributed by atoms with E-state index in [4.69, 9.17) is 0 Å². The van der Waals surface area contributed by atoms with Crippen LogP contribution in [0, 0.1) is 0 Å². The molecule has 0 aromatic carbocycles. The zero-order chi connectivity index (χ0) is 10.4. The van der Waals surface area contributed by atoms with Gasteiger partial charge in [-0.25, -0.2) is 0 Å². The van der Waals surface area contributed by atoms with Crippen LogP contribution in [0.4, 0.5) is 0 Å². The Bertz CT molecular complexity index is 184. The molecular formula is C11H21NO2. The van der Waals surface area contributed by atoms with E-state index in [-0.39, 0.29) is 0 Å². The average Bonchev–Trinajstić information content (AvgIpc) is 2.30. The number of aliphatic hydroxyl groups is 1. The largest absolute Gasteiger partial charge is 0.389 e. The highest BCUT2D eigenvalue weighted by atomic mass is 16.3. The first kappa shape index (κ1) is 11.7. The van der Waals surface area contributed by atoms with Gasteiger partial charge in [0, 0.05) is 13.0 Å². The number of hydrogen-bond acceptors (Lipinski definition) is 3. The third-order valence-corrected chi connectivity index (χ3v) is 3.01. The number of hydrogen-bond donors (Lipinski definition) is 1. The summed E-state index contributed by atoms with van der Waals surface area (Å²) in [5, 5.41) is 10.1. The molecule has 0 aromatic rings. The van der Waals surface area contributed by atoms with Crippen molar-refractivity contribution in [1.29, 1.82) is 0 Å². The van der Waals surface area contributed by atoms with Crippen molar-refractivity contribution in [3.05, 3.63) is 0 Å². The molecule has 0 spiro atoms. The van der Waals surface area contributed by atoms with Gasteiger partial charge in [-0.2, -0.15) is 0 Å². The zero-order valence-corrected chi connectivity index (χ0v) is 9.04. The Kier molecular flexibility index (Phi) is 4.55. The smallest absolute Gasteiger partial charge is 0.122 e. The van der Waals surface area contributed by atoms with Gasteiger partial charge in [-0.05, 0) is 38.8 Å².